The van der Waals surface area contributed by atoms with Gasteiger partial charge in [0.15, 0.2) is 0 Å². The maximum absolute atomic E-state index is 11.1. The van der Waals surface area contributed by atoms with Crippen molar-refractivity contribution in [1.29, 1.82) is 0 Å². The number of hydrogen-bond donors (Lipinski definition) is 0. The Hall–Kier alpha value is -1.31. The summed E-state index contributed by atoms with van der Waals surface area (Å²) in [6, 6.07) is 8.58. The van der Waals surface area contributed by atoms with Crippen LogP contribution in [0.15, 0.2) is 24.3 Å². The molecule has 1 aromatic rings. The van der Waals surface area contributed by atoms with Crippen LogP contribution in [0.1, 0.15) is 36.3 Å². The van der Waals surface area contributed by atoms with Gasteiger partial charge in [0.1, 0.15) is 0 Å². The fraction of sp³-hybridized carbons (Fsp3) is 0.462. The Labute approximate surface area is 90.3 Å². The number of cyclic esters (lactones) is 1. The molecule has 2 rings (SSSR count). The summed E-state index contributed by atoms with van der Waals surface area (Å²) in [5, 5.41) is 0. The Balaban J connectivity index is 2.09. The van der Waals surface area contributed by atoms with E-state index in [1.807, 2.05) is 0 Å². The molecule has 0 radical (unpaired) electrons. The molecule has 2 heteroatoms. The molecule has 1 aliphatic heterocycles. The van der Waals surface area contributed by atoms with Crippen LogP contribution in [0.3, 0.4) is 0 Å². The van der Waals surface area contributed by atoms with Gasteiger partial charge < -0.3 is 4.74 Å². The molecule has 0 aliphatic carbocycles. The molecular formula is C13H16O2. The first-order valence-corrected chi connectivity index (χ1v) is 5.48. The van der Waals surface area contributed by atoms with Crippen LogP contribution in [-0.2, 0) is 9.53 Å². The average Bonchev–Trinajstić information content (AvgIpc) is 2.44. The van der Waals surface area contributed by atoms with Crippen LogP contribution >= 0.6 is 0 Å². The van der Waals surface area contributed by atoms with E-state index in [2.05, 4.69) is 31.2 Å². The van der Waals surface area contributed by atoms with E-state index in [0.717, 1.165) is 12.8 Å². The molecule has 0 amide bonds. The third kappa shape index (κ3) is 2.58. The minimum absolute atomic E-state index is 0.0513. The smallest absolute Gasteiger partial charge is 0.305 e. The lowest BCUT2D eigenvalue weighted by molar-refractivity contribution is -0.142. The summed E-state index contributed by atoms with van der Waals surface area (Å²) >= 11 is 0. The van der Waals surface area contributed by atoms with Crippen molar-refractivity contribution in [2.45, 2.75) is 32.1 Å². The van der Waals surface area contributed by atoms with E-state index in [-0.39, 0.29) is 5.97 Å². The third-order valence-corrected chi connectivity index (χ3v) is 2.98. The van der Waals surface area contributed by atoms with Gasteiger partial charge in [0, 0.05) is 6.42 Å². The van der Waals surface area contributed by atoms with Gasteiger partial charge in [-0.2, -0.15) is 0 Å². The van der Waals surface area contributed by atoms with Crippen molar-refractivity contribution >= 4 is 5.97 Å². The van der Waals surface area contributed by atoms with Crippen LogP contribution in [-0.4, -0.2) is 12.6 Å². The number of ether oxygens (including phenoxy) is 1. The summed E-state index contributed by atoms with van der Waals surface area (Å²) < 4.78 is 5.04. The fourth-order valence-corrected chi connectivity index (χ4v) is 2.00. The number of carbonyl (C=O) groups excluding carboxylic acids is 1. The molecule has 1 heterocycles. The summed E-state index contributed by atoms with van der Waals surface area (Å²) in [6.45, 7) is 2.65. The topological polar surface area (TPSA) is 26.3 Å². The highest BCUT2D eigenvalue weighted by molar-refractivity contribution is 5.69. The molecule has 15 heavy (non-hydrogen) atoms. The van der Waals surface area contributed by atoms with Crippen LogP contribution in [0.4, 0.5) is 0 Å². The zero-order chi connectivity index (χ0) is 10.7. The van der Waals surface area contributed by atoms with Crippen LogP contribution in [0.25, 0.3) is 0 Å². The number of carbonyl (C=O) groups is 1. The van der Waals surface area contributed by atoms with Gasteiger partial charge in [-0.25, -0.2) is 0 Å². The first-order chi connectivity index (χ1) is 7.25. The van der Waals surface area contributed by atoms with Crippen LogP contribution in [0.5, 0.6) is 0 Å². The minimum Gasteiger partial charge on any atom is -0.466 e. The van der Waals surface area contributed by atoms with Gasteiger partial charge in [-0.15, -0.1) is 0 Å². The highest BCUT2D eigenvalue weighted by Gasteiger charge is 2.18. The van der Waals surface area contributed by atoms with E-state index in [4.69, 9.17) is 4.74 Å². The predicted molar refractivity (Wildman–Crippen MR) is 58.7 cm³/mol. The Morgan fingerprint density at radius 1 is 1.20 bits per heavy atom. The van der Waals surface area contributed by atoms with E-state index >= 15 is 0 Å². The van der Waals surface area contributed by atoms with Crippen LogP contribution < -0.4 is 0 Å². The van der Waals surface area contributed by atoms with Gasteiger partial charge >= 0.3 is 5.97 Å². The second-order valence-corrected chi connectivity index (χ2v) is 4.16. The first-order valence-electron chi connectivity index (χ1n) is 5.48. The quantitative estimate of drug-likeness (QED) is 0.657. The van der Waals surface area contributed by atoms with E-state index in [9.17, 15) is 4.79 Å². The average molecular weight is 204 g/mol. The minimum atomic E-state index is -0.0513. The van der Waals surface area contributed by atoms with Gasteiger partial charge in [0.2, 0.25) is 0 Å². The monoisotopic (exact) mass is 204 g/mol. The van der Waals surface area contributed by atoms with Crippen molar-refractivity contribution in [3.8, 4) is 0 Å². The summed E-state index contributed by atoms with van der Waals surface area (Å²) in [5.74, 6) is 0.432. The second-order valence-electron chi connectivity index (χ2n) is 4.16. The molecular weight excluding hydrogens is 188 g/mol. The molecule has 0 aromatic heterocycles. The van der Waals surface area contributed by atoms with Crippen molar-refractivity contribution in [2.75, 3.05) is 6.61 Å². The number of hydrogen-bond acceptors (Lipinski definition) is 2. The van der Waals surface area contributed by atoms with Crippen molar-refractivity contribution in [3.63, 3.8) is 0 Å². The lowest BCUT2D eigenvalue weighted by Gasteiger charge is -2.12. The van der Waals surface area contributed by atoms with E-state index in [1.165, 1.54) is 11.1 Å². The maximum atomic E-state index is 11.1. The van der Waals surface area contributed by atoms with Gasteiger partial charge in [-0.3, -0.25) is 4.79 Å². The first kappa shape index (κ1) is 10.2. The Kier molecular flexibility index (Phi) is 3.05. The molecule has 0 saturated carbocycles. The van der Waals surface area contributed by atoms with Crippen molar-refractivity contribution in [3.05, 3.63) is 35.4 Å². The predicted octanol–water partition coefficient (Wildman–Crippen LogP) is 2.81. The molecule has 0 bridgehead atoms. The number of benzene rings is 1. The third-order valence-electron chi connectivity index (χ3n) is 2.98. The molecule has 1 aliphatic rings. The van der Waals surface area contributed by atoms with E-state index in [0.29, 0.717) is 18.9 Å². The van der Waals surface area contributed by atoms with E-state index in [1.54, 1.807) is 0 Å². The zero-order valence-electron chi connectivity index (χ0n) is 9.03. The molecule has 1 aromatic carbocycles. The van der Waals surface area contributed by atoms with Crippen LogP contribution in [0.2, 0.25) is 0 Å². The number of rotatable bonds is 1. The molecule has 0 unspecified atom stereocenters. The summed E-state index contributed by atoms with van der Waals surface area (Å²) in [6.07, 6.45) is 2.43. The number of esters is 1. The normalized spacial score (nSPS) is 21.9. The molecule has 2 nitrogen and oxygen atoms in total. The zero-order valence-corrected chi connectivity index (χ0v) is 9.03. The van der Waals surface area contributed by atoms with Gasteiger partial charge in [0.05, 0.1) is 6.61 Å². The summed E-state index contributed by atoms with van der Waals surface area (Å²) in [5.41, 5.74) is 2.61. The highest BCUT2D eigenvalue weighted by atomic mass is 16.5. The summed E-state index contributed by atoms with van der Waals surface area (Å²) in [7, 11) is 0. The van der Waals surface area contributed by atoms with E-state index < -0.39 is 0 Å². The largest absolute Gasteiger partial charge is 0.466 e. The standard InChI is InChI=1S/C13H16O2/c1-10-2-4-11(5-3-10)12-6-7-13(14)15-9-8-12/h2-5,12H,6-9H2,1H3/t12-/m0/s1. The highest BCUT2D eigenvalue weighted by Crippen LogP contribution is 2.27. The summed E-state index contributed by atoms with van der Waals surface area (Å²) in [4.78, 5) is 11.1. The van der Waals surface area contributed by atoms with Crippen molar-refractivity contribution < 1.29 is 9.53 Å². The fourth-order valence-electron chi connectivity index (χ4n) is 2.00. The Morgan fingerprint density at radius 3 is 2.67 bits per heavy atom. The van der Waals surface area contributed by atoms with Gasteiger partial charge in [-0.05, 0) is 31.2 Å². The SMILES string of the molecule is Cc1ccc([C@@H]2CCOC(=O)CC2)cc1. The Bertz CT molecular complexity index is 340. The molecule has 0 N–H and O–H groups in total. The Morgan fingerprint density at radius 2 is 1.93 bits per heavy atom. The van der Waals surface area contributed by atoms with Gasteiger partial charge in [-0.1, -0.05) is 29.8 Å². The molecule has 1 saturated heterocycles. The molecule has 1 atom stereocenters. The second kappa shape index (κ2) is 4.47. The lowest BCUT2D eigenvalue weighted by Crippen LogP contribution is -2.00. The molecule has 1 fully saturated rings. The van der Waals surface area contributed by atoms with Crippen molar-refractivity contribution in [1.82, 2.24) is 0 Å². The van der Waals surface area contributed by atoms with Crippen LogP contribution in [0, 0.1) is 6.92 Å². The maximum Gasteiger partial charge on any atom is 0.305 e. The molecule has 0 spiro atoms. The molecule has 80 valence electrons. The van der Waals surface area contributed by atoms with Crippen molar-refractivity contribution in [2.24, 2.45) is 0 Å². The number of aryl methyl sites for hydroxylation is 1. The lowest BCUT2D eigenvalue weighted by atomic mass is 9.91. The van der Waals surface area contributed by atoms with Gasteiger partial charge in [0.25, 0.3) is 0 Å².